The minimum atomic E-state index is -0.444. The molecule has 3 N–H and O–H groups in total. The van der Waals surface area contributed by atoms with Gasteiger partial charge in [-0.1, -0.05) is 24.3 Å². The number of aliphatic hydroxyl groups is 1. The highest BCUT2D eigenvalue weighted by atomic mass is 16.5. The lowest BCUT2D eigenvalue weighted by Crippen LogP contribution is -2.51. The Morgan fingerprint density at radius 2 is 1.79 bits per heavy atom. The molecule has 3 rings (SSSR count). The maximum absolute atomic E-state index is 12.1. The highest BCUT2D eigenvalue weighted by molar-refractivity contribution is 5.89. The van der Waals surface area contributed by atoms with Crippen LogP contribution in [0.25, 0.3) is 0 Å². The van der Waals surface area contributed by atoms with Crippen LogP contribution in [-0.4, -0.2) is 61.0 Å². The van der Waals surface area contributed by atoms with E-state index in [0.29, 0.717) is 19.6 Å². The van der Waals surface area contributed by atoms with Gasteiger partial charge in [0.25, 0.3) is 0 Å². The Labute approximate surface area is 165 Å². The SMILES string of the molecule is COc1ccc(CNC(=O)Nc2ccc(CN3CCN(C)CC3O)cc2)cc1. The van der Waals surface area contributed by atoms with E-state index in [1.54, 1.807) is 7.11 Å². The normalized spacial score (nSPS) is 17.9. The van der Waals surface area contributed by atoms with Crippen LogP contribution in [0.1, 0.15) is 11.1 Å². The molecule has 1 heterocycles. The minimum absolute atomic E-state index is 0.252. The number of aliphatic hydroxyl groups excluding tert-OH is 1. The number of piperazine rings is 1. The predicted octanol–water partition coefficient (Wildman–Crippen LogP) is 2.08. The maximum atomic E-state index is 12.1. The van der Waals surface area contributed by atoms with Crippen molar-refractivity contribution in [2.45, 2.75) is 19.3 Å². The van der Waals surface area contributed by atoms with E-state index in [4.69, 9.17) is 4.74 Å². The Balaban J connectivity index is 1.46. The molecule has 1 unspecified atom stereocenters. The van der Waals surface area contributed by atoms with E-state index in [0.717, 1.165) is 35.7 Å². The number of anilines is 1. The second-order valence-corrected chi connectivity index (χ2v) is 7.07. The molecule has 1 aliphatic rings. The number of nitrogens with one attached hydrogen (secondary N) is 2. The molecule has 2 aromatic carbocycles. The summed E-state index contributed by atoms with van der Waals surface area (Å²) in [6.07, 6.45) is -0.444. The molecule has 0 spiro atoms. The standard InChI is InChI=1S/C21H28N4O3/c1-24-11-12-25(20(26)15-24)14-17-3-7-18(8-4-17)23-21(27)22-13-16-5-9-19(28-2)10-6-16/h3-10,20,26H,11-15H2,1-2H3,(H2,22,23,27). The number of ether oxygens (including phenoxy) is 1. The number of nitrogens with zero attached hydrogens (tertiary/aromatic N) is 2. The summed E-state index contributed by atoms with van der Waals surface area (Å²) in [6, 6.07) is 15.0. The van der Waals surface area contributed by atoms with Crippen LogP contribution in [0.4, 0.5) is 10.5 Å². The van der Waals surface area contributed by atoms with E-state index in [9.17, 15) is 9.90 Å². The van der Waals surface area contributed by atoms with Crippen LogP contribution in [0, 0.1) is 0 Å². The van der Waals surface area contributed by atoms with Crippen LogP contribution < -0.4 is 15.4 Å². The monoisotopic (exact) mass is 384 g/mol. The van der Waals surface area contributed by atoms with E-state index >= 15 is 0 Å². The molecular formula is C21H28N4O3. The second-order valence-electron chi connectivity index (χ2n) is 7.07. The number of benzene rings is 2. The topological polar surface area (TPSA) is 77.1 Å². The highest BCUT2D eigenvalue weighted by Crippen LogP contribution is 2.15. The fraction of sp³-hybridized carbons (Fsp3) is 0.381. The molecule has 28 heavy (non-hydrogen) atoms. The average Bonchev–Trinajstić information content (AvgIpc) is 2.70. The molecule has 1 saturated heterocycles. The molecular weight excluding hydrogens is 356 g/mol. The van der Waals surface area contributed by atoms with Crippen LogP contribution in [-0.2, 0) is 13.1 Å². The smallest absolute Gasteiger partial charge is 0.319 e. The molecule has 2 aromatic rings. The molecule has 7 heteroatoms. The van der Waals surface area contributed by atoms with Crippen molar-refractivity contribution < 1.29 is 14.6 Å². The van der Waals surface area contributed by atoms with E-state index in [-0.39, 0.29) is 6.03 Å². The Morgan fingerprint density at radius 3 is 2.43 bits per heavy atom. The minimum Gasteiger partial charge on any atom is -0.497 e. The molecule has 0 radical (unpaired) electrons. The summed E-state index contributed by atoms with van der Waals surface area (Å²) in [5.74, 6) is 0.789. The third-order valence-electron chi connectivity index (χ3n) is 4.87. The van der Waals surface area contributed by atoms with Gasteiger partial charge in [-0.05, 0) is 42.4 Å². The number of hydrogen-bond donors (Lipinski definition) is 3. The number of urea groups is 1. The summed E-state index contributed by atoms with van der Waals surface area (Å²) in [6.45, 7) is 3.58. The third-order valence-corrected chi connectivity index (χ3v) is 4.87. The van der Waals surface area contributed by atoms with Gasteiger partial charge in [0.1, 0.15) is 12.0 Å². The van der Waals surface area contributed by atoms with Gasteiger partial charge in [0.05, 0.1) is 7.11 Å². The molecule has 7 nitrogen and oxygen atoms in total. The van der Waals surface area contributed by atoms with Crippen molar-refractivity contribution in [2.75, 3.05) is 39.1 Å². The van der Waals surface area contributed by atoms with E-state index in [1.165, 1.54) is 0 Å². The number of hydrogen-bond acceptors (Lipinski definition) is 5. The van der Waals surface area contributed by atoms with Crippen LogP contribution in [0.2, 0.25) is 0 Å². The van der Waals surface area contributed by atoms with Gasteiger partial charge in [0, 0.05) is 38.4 Å². The summed E-state index contributed by atoms with van der Waals surface area (Å²) in [5.41, 5.74) is 2.83. The number of amides is 2. The van der Waals surface area contributed by atoms with Gasteiger partial charge in [-0.2, -0.15) is 0 Å². The molecule has 1 aliphatic heterocycles. The quantitative estimate of drug-likeness (QED) is 0.711. The zero-order valence-electron chi connectivity index (χ0n) is 16.4. The lowest BCUT2D eigenvalue weighted by molar-refractivity contribution is -0.0537. The van der Waals surface area contributed by atoms with Crippen LogP contribution >= 0.6 is 0 Å². The van der Waals surface area contributed by atoms with Gasteiger partial charge in [0.15, 0.2) is 0 Å². The Kier molecular flexibility index (Phi) is 6.86. The lowest BCUT2D eigenvalue weighted by Gasteiger charge is -2.36. The summed E-state index contributed by atoms with van der Waals surface area (Å²) >= 11 is 0. The molecule has 0 aliphatic carbocycles. The number of methoxy groups -OCH3 is 1. The molecule has 2 amide bonds. The zero-order valence-corrected chi connectivity index (χ0v) is 16.4. The molecule has 0 aromatic heterocycles. The summed E-state index contributed by atoms with van der Waals surface area (Å²) in [4.78, 5) is 16.3. The van der Waals surface area contributed by atoms with Crippen molar-refractivity contribution in [2.24, 2.45) is 0 Å². The van der Waals surface area contributed by atoms with Gasteiger partial charge in [-0.3, -0.25) is 4.90 Å². The third kappa shape index (κ3) is 5.69. The van der Waals surface area contributed by atoms with Gasteiger partial charge in [-0.25, -0.2) is 4.79 Å². The van der Waals surface area contributed by atoms with Crippen molar-refractivity contribution in [3.63, 3.8) is 0 Å². The zero-order chi connectivity index (χ0) is 19.9. The fourth-order valence-corrected chi connectivity index (χ4v) is 3.15. The van der Waals surface area contributed by atoms with Gasteiger partial charge < -0.3 is 25.4 Å². The van der Waals surface area contributed by atoms with Crippen LogP contribution in [0.5, 0.6) is 5.75 Å². The number of β-amino-alcohol motifs (C(OH)–C–C–N with tert-alkyl or cyclic N) is 1. The lowest BCUT2D eigenvalue weighted by atomic mass is 10.1. The Morgan fingerprint density at radius 1 is 1.11 bits per heavy atom. The van der Waals surface area contributed by atoms with E-state index in [2.05, 4.69) is 20.4 Å². The first kappa shape index (κ1) is 20.1. The molecule has 0 saturated carbocycles. The van der Waals surface area contributed by atoms with Gasteiger partial charge in [0.2, 0.25) is 0 Å². The largest absolute Gasteiger partial charge is 0.497 e. The molecule has 1 fully saturated rings. The number of rotatable bonds is 6. The molecule has 1 atom stereocenters. The van der Waals surface area contributed by atoms with E-state index in [1.807, 2.05) is 55.6 Å². The number of likely N-dealkylation sites (N-methyl/N-ethyl adjacent to an activating group) is 1. The first-order chi connectivity index (χ1) is 13.5. The van der Waals surface area contributed by atoms with Crippen molar-refractivity contribution in [1.82, 2.24) is 15.1 Å². The van der Waals surface area contributed by atoms with Crippen molar-refractivity contribution in [3.05, 3.63) is 59.7 Å². The van der Waals surface area contributed by atoms with E-state index < -0.39 is 6.23 Å². The van der Waals surface area contributed by atoms with Crippen LogP contribution in [0.3, 0.4) is 0 Å². The first-order valence-electron chi connectivity index (χ1n) is 9.41. The van der Waals surface area contributed by atoms with Crippen molar-refractivity contribution >= 4 is 11.7 Å². The van der Waals surface area contributed by atoms with Crippen molar-refractivity contribution in [3.8, 4) is 5.75 Å². The summed E-state index contributed by atoms with van der Waals surface area (Å²) in [5, 5.41) is 15.8. The average molecular weight is 384 g/mol. The Hall–Kier alpha value is -2.61. The predicted molar refractivity (Wildman–Crippen MR) is 109 cm³/mol. The summed E-state index contributed by atoms with van der Waals surface area (Å²) < 4.78 is 5.12. The maximum Gasteiger partial charge on any atom is 0.319 e. The van der Waals surface area contributed by atoms with Gasteiger partial charge in [-0.15, -0.1) is 0 Å². The first-order valence-corrected chi connectivity index (χ1v) is 9.41. The number of carbonyl (C=O) groups excluding carboxylic acids is 1. The van der Waals surface area contributed by atoms with Crippen LogP contribution in [0.15, 0.2) is 48.5 Å². The number of carbonyl (C=O) groups is 1. The highest BCUT2D eigenvalue weighted by Gasteiger charge is 2.22. The summed E-state index contributed by atoms with van der Waals surface area (Å²) in [7, 11) is 3.64. The molecule has 0 bridgehead atoms. The fourth-order valence-electron chi connectivity index (χ4n) is 3.15. The van der Waals surface area contributed by atoms with Gasteiger partial charge >= 0.3 is 6.03 Å². The Bertz CT molecular complexity index is 764. The second kappa shape index (κ2) is 9.54. The van der Waals surface area contributed by atoms with Crippen molar-refractivity contribution in [1.29, 1.82) is 0 Å². The molecule has 150 valence electrons.